The van der Waals surface area contributed by atoms with Crippen molar-refractivity contribution in [3.8, 4) is 5.75 Å². The summed E-state index contributed by atoms with van der Waals surface area (Å²) >= 11 is 3.71. The molecule has 1 atom stereocenters. The van der Waals surface area contributed by atoms with Gasteiger partial charge < -0.3 is 10.1 Å². The molecule has 0 amide bonds. The van der Waals surface area contributed by atoms with Crippen LogP contribution in [0.25, 0.3) is 0 Å². The predicted octanol–water partition coefficient (Wildman–Crippen LogP) is 4.25. The highest BCUT2D eigenvalue weighted by atomic mass is 79.9. The summed E-state index contributed by atoms with van der Waals surface area (Å²) in [6, 6.07) is 8.47. The minimum atomic E-state index is 0.0946. The molecule has 21 heavy (non-hydrogen) atoms. The lowest BCUT2D eigenvalue weighted by Gasteiger charge is -2.21. The van der Waals surface area contributed by atoms with E-state index in [0.29, 0.717) is 6.61 Å². The van der Waals surface area contributed by atoms with E-state index in [0.717, 1.165) is 22.3 Å². The summed E-state index contributed by atoms with van der Waals surface area (Å²) in [5.74, 6) is 0.807. The first-order chi connectivity index (χ1) is 10.2. The van der Waals surface area contributed by atoms with Gasteiger partial charge in [0, 0.05) is 10.7 Å². The maximum Gasteiger partial charge on any atom is 0.137 e. The van der Waals surface area contributed by atoms with Gasteiger partial charge in [-0.05, 0) is 43.1 Å². The summed E-state index contributed by atoms with van der Waals surface area (Å²) in [5, 5.41) is 3.53. The van der Waals surface area contributed by atoms with E-state index in [9.17, 15) is 0 Å². The van der Waals surface area contributed by atoms with Gasteiger partial charge in [-0.3, -0.25) is 4.98 Å². The zero-order valence-corrected chi connectivity index (χ0v) is 14.3. The van der Waals surface area contributed by atoms with Crippen LogP contribution in [0.1, 0.15) is 36.6 Å². The number of benzene rings is 1. The van der Waals surface area contributed by atoms with E-state index in [4.69, 9.17) is 4.74 Å². The molecule has 0 bridgehead atoms. The Balaban J connectivity index is 2.43. The number of hydrogen-bond donors (Lipinski definition) is 1. The number of halogens is 1. The van der Waals surface area contributed by atoms with Crippen LogP contribution in [0.15, 0.2) is 41.1 Å². The van der Waals surface area contributed by atoms with Crippen molar-refractivity contribution in [2.24, 2.45) is 0 Å². The van der Waals surface area contributed by atoms with Crippen molar-refractivity contribution in [1.82, 2.24) is 10.3 Å². The molecular weight excluding hydrogens is 328 g/mol. The van der Waals surface area contributed by atoms with Gasteiger partial charge in [0.1, 0.15) is 5.75 Å². The Bertz CT molecular complexity index is 601. The number of nitrogens with zero attached hydrogens (tertiary/aromatic N) is 1. The van der Waals surface area contributed by atoms with Crippen molar-refractivity contribution in [3.05, 3.63) is 57.8 Å². The first-order valence-corrected chi connectivity index (χ1v) is 8.02. The van der Waals surface area contributed by atoms with Crippen LogP contribution in [0.2, 0.25) is 0 Å². The Morgan fingerprint density at radius 3 is 2.81 bits per heavy atom. The quantitative estimate of drug-likeness (QED) is 0.847. The molecule has 0 aliphatic carbocycles. The van der Waals surface area contributed by atoms with Crippen LogP contribution in [0.4, 0.5) is 0 Å². The Hall–Kier alpha value is -1.39. The topological polar surface area (TPSA) is 34.2 Å². The Morgan fingerprint density at radius 1 is 1.29 bits per heavy atom. The molecule has 1 heterocycles. The number of ether oxygens (including phenoxy) is 1. The molecule has 0 aliphatic rings. The highest BCUT2D eigenvalue weighted by Crippen LogP contribution is 2.31. The van der Waals surface area contributed by atoms with E-state index in [1.165, 1.54) is 11.1 Å². The average molecular weight is 349 g/mol. The third-order valence-electron chi connectivity index (χ3n) is 3.32. The number of nitrogens with one attached hydrogen (secondary N) is 1. The van der Waals surface area contributed by atoms with E-state index in [2.05, 4.69) is 64.3 Å². The van der Waals surface area contributed by atoms with Gasteiger partial charge >= 0.3 is 0 Å². The molecule has 1 aromatic heterocycles. The van der Waals surface area contributed by atoms with Crippen LogP contribution in [0.3, 0.4) is 0 Å². The number of rotatable bonds is 6. The van der Waals surface area contributed by atoms with Crippen LogP contribution in [-0.4, -0.2) is 18.1 Å². The first-order valence-electron chi connectivity index (χ1n) is 7.23. The second kappa shape index (κ2) is 7.57. The fourth-order valence-corrected chi connectivity index (χ4v) is 2.84. The van der Waals surface area contributed by atoms with Gasteiger partial charge in [0.05, 0.1) is 18.8 Å². The third kappa shape index (κ3) is 3.83. The predicted molar refractivity (Wildman–Crippen MR) is 89.8 cm³/mol. The number of aromatic nitrogens is 1. The molecule has 1 unspecified atom stereocenters. The summed E-state index contributed by atoms with van der Waals surface area (Å²) in [7, 11) is 0. The lowest BCUT2D eigenvalue weighted by atomic mass is 9.98. The normalized spacial score (nSPS) is 12.2. The third-order valence-corrected chi connectivity index (χ3v) is 4.40. The summed E-state index contributed by atoms with van der Waals surface area (Å²) in [5.41, 5.74) is 3.55. The zero-order chi connectivity index (χ0) is 15.2. The maximum atomic E-state index is 5.56. The first kappa shape index (κ1) is 16.0. The largest absolute Gasteiger partial charge is 0.492 e. The monoisotopic (exact) mass is 348 g/mol. The van der Waals surface area contributed by atoms with Gasteiger partial charge in [-0.25, -0.2) is 0 Å². The van der Waals surface area contributed by atoms with Crippen LogP contribution in [0, 0.1) is 6.92 Å². The molecule has 2 rings (SSSR count). The summed E-state index contributed by atoms with van der Waals surface area (Å²) in [6.45, 7) is 7.71. The van der Waals surface area contributed by atoms with Crippen molar-refractivity contribution in [2.75, 3.05) is 13.2 Å². The molecule has 4 heteroatoms. The second-order valence-electron chi connectivity index (χ2n) is 4.86. The fourth-order valence-electron chi connectivity index (χ4n) is 2.34. The molecule has 1 N–H and O–H groups in total. The lowest BCUT2D eigenvalue weighted by Crippen LogP contribution is -2.22. The smallest absolute Gasteiger partial charge is 0.137 e. The van der Waals surface area contributed by atoms with Crippen molar-refractivity contribution in [1.29, 1.82) is 0 Å². The van der Waals surface area contributed by atoms with Gasteiger partial charge in [0.15, 0.2) is 0 Å². The Morgan fingerprint density at radius 2 is 2.10 bits per heavy atom. The number of aryl methyl sites for hydroxylation is 1. The van der Waals surface area contributed by atoms with Gasteiger partial charge in [-0.1, -0.05) is 41.1 Å². The lowest BCUT2D eigenvalue weighted by molar-refractivity contribution is 0.338. The summed E-state index contributed by atoms with van der Waals surface area (Å²) in [4.78, 5) is 4.30. The highest BCUT2D eigenvalue weighted by Gasteiger charge is 2.17. The molecule has 0 saturated heterocycles. The van der Waals surface area contributed by atoms with E-state index in [1.54, 1.807) is 6.20 Å². The van der Waals surface area contributed by atoms with Gasteiger partial charge in [-0.2, -0.15) is 0 Å². The zero-order valence-electron chi connectivity index (χ0n) is 12.7. The summed E-state index contributed by atoms with van der Waals surface area (Å²) < 4.78 is 6.70. The molecule has 0 spiro atoms. The van der Waals surface area contributed by atoms with Gasteiger partial charge in [0.25, 0.3) is 0 Å². The second-order valence-corrected chi connectivity index (χ2v) is 5.65. The van der Waals surface area contributed by atoms with Crippen molar-refractivity contribution >= 4 is 15.9 Å². The average Bonchev–Trinajstić information content (AvgIpc) is 2.49. The van der Waals surface area contributed by atoms with Crippen molar-refractivity contribution in [2.45, 2.75) is 26.8 Å². The molecule has 0 saturated carbocycles. The minimum Gasteiger partial charge on any atom is -0.492 e. The molecule has 0 aliphatic heterocycles. The molecule has 2 aromatic rings. The standard InChI is InChI=1S/C17H21BrN2O/c1-4-20-17(15-8-6-7-12(3)16(15)18)13-9-14(21-5-2)11-19-10-13/h6-11,17,20H,4-5H2,1-3H3. The molecule has 0 fully saturated rings. The van der Waals surface area contributed by atoms with Crippen molar-refractivity contribution in [3.63, 3.8) is 0 Å². The Labute approximate surface area is 134 Å². The Kier molecular flexibility index (Phi) is 5.76. The van der Waals surface area contributed by atoms with E-state index >= 15 is 0 Å². The van der Waals surface area contributed by atoms with Crippen LogP contribution >= 0.6 is 15.9 Å². The van der Waals surface area contributed by atoms with Crippen molar-refractivity contribution < 1.29 is 4.74 Å². The molecular formula is C17H21BrN2O. The van der Waals surface area contributed by atoms with Crippen LogP contribution in [0.5, 0.6) is 5.75 Å². The molecule has 1 aromatic carbocycles. The van der Waals surface area contributed by atoms with Gasteiger partial charge in [-0.15, -0.1) is 0 Å². The summed E-state index contributed by atoms with van der Waals surface area (Å²) in [6.07, 6.45) is 3.64. The van der Waals surface area contributed by atoms with Gasteiger partial charge in [0.2, 0.25) is 0 Å². The minimum absolute atomic E-state index is 0.0946. The maximum absolute atomic E-state index is 5.56. The van der Waals surface area contributed by atoms with Crippen LogP contribution in [-0.2, 0) is 0 Å². The molecule has 112 valence electrons. The van der Waals surface area contributed by atoms with E-state index < -0.39 is 0 Å². The SMILES string of the molecule is CCNC(c1cncc(OCC)c1)c1cccc(C)c1Br. The molecule has 3 nitrogen and oxygen atoms in total. The fraction of sp³-hybridized carbons (Fsp3) is 0.353. The number of hydrogen-bond acceptors (Lipinski definition) is 3. The number of pyridine rings is 1. The van der Waals surface area contributed by atoms with Crippen LogP contribution < -0.4 is 10.1 Å². The van der Waals surface area contributed by atoms with E-state index in [1.807, 2.05) is 13.1 Å². The molecule has 0 radical (unpaired) electrons. The van der Waals surface area contributed by atoms with E-state index in [-0.39, 0.29) is 6.04 Å². The highest BCUT2D eigenvalue weighted by molar-refractivity contribution is 9.10.